The molecule has 0 atom stereocenters. The number of nitrogen functional groups attached to an aromatic ring is 1. The van der Waals surface area contributed by atoms with Crippen LogP contribution in [0, 0.1) is 0 Å². The largest absolute Gasteiger partial charge is 0.480 e. The van der Waals surface area contributed by atoms with E-state index in [1.54, 1.807) is 12.1 Å². The normalized spacial score (nSPS) is 10.8. The molecule has 0 bridgehead atoms. The van der Waals surface area contributed by atoms with E-state index >= 15 is 0 Å². The van der Waals surface area contributed by atoms with Gasteiger partial charge in [0.05, 0.1) is 17.7 Å². The summed E-state index contributed by atoms with van der Waals surface area (Å²) in [5.74, 6) is 1.18. The number of methoxy groups -OCH3 is 1. The third-order valence-electron chi connectivity index (χ3n) is 2.90. The summed E-state index contributed by atoms with van der Waals surface area (Å²) in [7, 11) is 1.53. The number of hydrogen-bond donors (Lipinski definition) is 1. The smallest absolute Gasteiger partial charge is 0.261 e. The summed E-state index contributed by atoms with van der Waals surface area (Å²) < 4.78 is 10.2. The number of ether oxygens (including phenoxy) is 1. The fraction of sp³-hybridized carbons (Fsp3) is 0.231. The Morgan fingerprint density at radius 2 is 2.19 bits per heavy atom. The van der Waals surface area contributed by atoms with Gasteiger partial charge in [-0.15, -0.1) is 21.5 Å². The molecule has 0 radical (unpaired) electrons. The zero-order valence-electron chi connectivity index (χ0n) is 11.5. The second kappa shape index (κ2) is 5.49. The monoisotopic (exact) mass is 303 g/mol. The SMILES string of the molecule is CCc1cc(-c2nc(-c3ccc(OC)nn3)no2)c(N)s1. The first kappa shape index (κ1) is 13.5. The summed E-state index contributed by atoms with van der Waals surface area (Å²) >= 11 is 1.52. The Morgan fingerprint density at radius 3 is 2.81 bits per heavy atom. The third kappa shape index (κ3) is 2.57. The highest BCUT2D eigenvalue weighted by atomic mass is 32.1. The molecule has 0 unspecified atom stereocenters. The molecule has 0 fully saturated rings. The van der Waals surface area contributed by atoms with Crippen LogP contribution in [0.15, 0.2) is 22.7 Å². The predicted molar refractivity (Wildman–Crippen MR) is 79.0 cm³/mol. The number of rotatable bonds is 4. The lowest BCUT2D eigenvalue weighted by atomic mass is 10.2. The maximum absolute atomic E-state index is 5.98. The molecule has 0 aliphatic rings. The molecule has 3 rings (SSSR count). The summed E-state index contributed by atoms with van der Waals surface area (Å²) in [6.45, 7) is 2.07. The minimum absolute atomic E-state index is 0.365. The van der Waals surface area contributed by atoms with Gasteiger partial charge in [0.1, 0.15) is 5.69 Å². The van der Waals surface area contributed by atoms with Crippen molar-refractivity contribution in [2.24, 2.45) is 0 Å². The molecule has 0 aromatic carbocycles. The Hall–Kier alpha value is -2.48. The topological polar surface area (TPSA) is 100.0 Å². The standard InChI is InChI=1S/C13H13N5O2S/c1-3-7-6-8(11(14)21-7)13-15-12(18-20-13)9-4-5-10(19-2)17-16-9/h4-6H,3,14H2,1-2H3. The van der Waals surface area contributed by atoms with Crippen LogP contribution in [0.3, 0.4) is 0 Å². The van der Waals surface area contributed by atoms with Crippen LogP contribution in [0.2, 0.25) is 0 Å². The molecular formula is C13H13N5O2S. The summed E-state index contributed by atoms with van der Waals surface area (Å²) in [5.41, 5.74) is 7.25. The molecule has 3 heterocycles. The molecule has 3 aromatic heterocycles. The highest BCUT2D eigenvalue weighted by Gasteiger charge is 2.16. The van der Waals surface area contributed by atoms with Gasteiger partial charge in [-0.05, 0) is 18.6 Å². The molecule has 2 N–H and O–H groups in total. The summed E-state index contributed by atoms with van der Waals surface area (Å²) in [4.78, 5) is 5.49. The van der Waals surface area contributed by atoms with Crippen molar-refractivity contribution in [2.75, 3.05) is 12.8 Å². The Morgan fingerprint density at radius 1 is 1.33 bits per heavy atom. The summed E-state index contributed by atoms with van der Waals surface area (Å²) in [6.07, 6.45) is 0.916. The first-order valence-corrected chi connectivity index (χ1v) is 7.13. The molecule has 0 spiro atoms. The molecule has 0 saturated carbocycles. The third-order valence-corrected chi connectivity index (χ3v) is 4.00. The van der Waals surface area contributed by atoms with Gasteiger partial charge in [-0.3, -0.25) is 0 Å². The number of aromatic nitrogens is 4. The van der Waals surface area contributed by atoms with Crippen LogP contribution in [0.1, 0.15) is 11.8 Å². The van der Waals surface area contributed by atoms with Crippen molar-refractivity contribution in [3.8, 4) is 28.9 Å². The number of aryl methyl sites for hydroxylation is 1. The van der Waals surface area contributed by atoms with Crippen molar-refractivity contribution in [1.82, 2.24) is 20.3 Å². The Bertz CT molecular complexity index is 750. The second-order valence-electron chi connectivity index (χ2n) is 4.23. The van der Waals surface area contributed by atoms with Crippen LogP contribution >= 0.6 is 11.3 Å². The Balaban J connectivity index is 1.93. The molecule has 3 aromatic rings. The van der Waals surface area contributed by atoms with Crippen molar-refractivity contribution >= 4 is 16.3 Å². The molecule has 8 heteroatoms. The van der Waals surface area contributed by atoms with Gasteiger partial charge in [-0.2, -0.15) is 4.98 Å². The molecule has 21 heavy (non-hydrogen) atoms. The van der Waals surface area contributed by atoms with Gasteiger partial charge in [-0.1, -0.05) is 12.1 Å². The molecule has 0 aliphatic heterocycles. The Kier molecular flexibility index (Phi) is 3.53. The van der Waals surface area contributed by atoms with E-state index in [1.165, 1.54) is 23.3 Å². The van der Waals surface area contributed by atoms with Gasteiger partial charge in [0.15, 0.2) is 0 Å². The minimum atomic E-state index is 0.365. The number of nitrogens with two attached hydrogens (primary N) is 1. The lowest BCUT2D eigenvalue weighted by Crippen LogP contribution is -1.93. The van der Waals surface area contributed by atoms with Gasteiger partial charge in [0, 0.05) is 10.9 Å². The van der Waals surface area contributed by atoms with E-state index in [1.807, 2.05) is 6.07 Å². The quantitative estimate of drug-likeness (QED) is 0.789. The average Bonchev–Trinajstić information content (AvgIpc) is 3.13. The van der Waals surface area contributed by atoms with Crippen LogP contribution in [0.25, 0.3) is 23.0 Å². The van der Waals surface area contributed by atoms with E-state index in [0.717, 1.165) is 12.0 Å². The van der Waals surface area contributed by atoms with E-state index in [0.29, 0.717) is 28.3 Å². The van der Waals surface area contributed by atoms with Crippen LogP contribution in [0.4, 0.5) is 5.00 Å². The minimum Gasteiger partial charge on any atom is -0.480 e. The number of thiophene rings is 1. The van der Waals surface area contributed by atoms with Gasteiger partial charge < -0.3 is 15.0 Å². The molecule has 0 saturated heterocycles. The highest BCUT2D eigenvalue weighted by Crippen LogP contribution is 2.33. The number of anilines is 1. The lowest BCUT2D eigenvalue weighted by molar-refractivity contribution is 0.392. The van der Waals surface area contributed by atoms with Crippen molar-refractivity contribution in [1.29, 1.82) is 0 Å². The van der Waals surface area contributed by atoms with Gasteiger partial charge in [0.25, 0.3) is 5.89 Å². The van der Waals surface area contributed by atoms with Crippen molar-refractivity contribution < 1.29 is 9.26 Å². The zero-order chi connectivity index (χ0) is 14.8. The summed E-state index contributed by atoms with van der Waals surface area (Å²) in [5, 5.41) is 12.4. The second-order valence-corrected chi connectivity index (χ2v) is 5.40. The van der Waals surface area contributed by atoms with E-state index < -0.39 is 0 Å². The molecule has 108 valence electrons. The number of nitrogens with zero attached hydrogens (tertiary/aromatic N) is 4. The first-order valence-electron chi connectivity index (χ1n) is 6.31. The lowest BCUT2D eigenvalue weighted by Gasteiger charge is -1.96. The van der Waals surface area contributed by atoms with Crippen LogP contribution in [-0.4, -0.2) is 27.4 Å². The van der Waals surface area contributed by atoms with E-state index in [2.05, 4.69) is 27.3 Å². The predicted octanol–water partition coefficient (Wildman–Crippen LogP) is 2.41. The Labute approximate surface area is 124 Å². The van der Waals surface area contributed by atoms with Crippen LogP contribution < -0.4 is 10.5 Å². The van der Waals surface area contributed by atoms with E-state index in [9.17, 15) is 0 Å². The summed E-state index contributed by atoms with van der Waals surface area (Å²) in [6, 6.07) is 5.37. The maximum atomic E-state index is 5.98. The van der Waals surface area contributed by atoms with Crippen molar-refractivity contribution in [3.63, 3.8) is 0 Å². The molecule has 7 nitrogen and oxygen atoms in total. The van der Waals surface area contributed by atoms with Crippen molar-refractivity contribution in [2.45, 2.75) is 13.3 Å². The zero-order valence-corrected chi connectivity index (χ0v) is 12.3. The van der Waals surface area contributed by atoms with Crippen LogP contribution in [0.5, 0.6) is 5.88 Å². The maximum Gasteiger partial charge on any atom is 0.261 e. The van der Waals surface area contributed by atoms with E-state index in [-0.39, 0.29) is 0 Å². The highest BCUT2D eigenvalue weighted by molar-refractivity contribution is 7.16. The van der Waals surface area contributed by atoms with Crippen LogP contribution in [-0.2, 0) is 6.42 Å². The number of hydrogen-bond acceptors (Lipinski definition) is 8. The van der Waals surface area contributed by atoms with E-state index in [4.69, 9.17) is 15.0 Å². The van der Waals surface area contributed by atoms with Gasteiger partial charge in [-0.25, -0.2) is 0 Å². The molecule has 0 amide bonds. The van der Waals surface area contributed by atoms with Gasteiger partial charge in [0.2, 0.25) is 11.7 Å². The molecular weight excluding hydrogens is 290 g/mol. The fourth-order valence-electron chi connectivity index (χ4n) is 1.78. The fourth-order valence-corrected chi connectivity index (χ4v) is 2.64. The molecule has 0 aliphatic carbocycles. The average molecular weight is 303 g/mol. The van der Waals surface area contributed by atoms with Gasteiger partial charge >= 0.3 is 0 Å². The first-order chi connectivity index (χ1) is 10.2. The van der Waals surface area contributed by atoms with Crippen molar-refractivity contribution in [3.05, 3.63) is 23.1 Å².